The molecule has 1 heteroatoms. The molecule has 0 fully saturated rings. The molecule has 2 aliphatic carbocycles. The van der Waals surface area contributed by atoms with Crippen LogP contribution < -0.4 is 0 Å². The topological polar surface area (TPSA) is 4.93 Å². The zero-order valence-electron chi connectivity index (χ0n) is 30.5. The highest BCUT2D eigenvalue weighted by atomic mass is 15.0. The summed E-state index contributed by atoms with van der Waals surface area (Å²) in [4.78, 5) is 0. The van der Waals surface area contributed by atoms with Crippen molar-refractivity contribution >= 4 is 32.6 Å². The van der Waals surface area contributed by atoms with Crippen LogP contribution in [0.5, 0.6) is 0 Å². The molecule has 11 rings (SSSR count). The van der Waals surface area contributed by atoms with Crippen LogP contribution in [0.15, 0.2) is 164 Å². The van der Waals surface area contributed by atoms with E-state index < -0.39 is 0 Å². The van der Waals surface area contributed by atoms with Crippen molar-refractivity contribution in [3.05, 3.63) is 186 Å². The molecule has 0 aliphatic heterocycles. The van der Waals surface area contributed by atoms with Crippen molar-refractivity contribution in [3.63, 3.8) is 0 Å². The molecule has 0 N–H and O–H groups in total. The lowest BCUT2D eigenvalue weighted by atomic mass is 9.72. The van der Waals surface area contributed by atoms with Crippen molar-refractivity contribution < 1.29 is 0 Å². The quantitative estimate of drug-likeness (QED) is 0.175. The fourth-order valence-electron chi connectivity index (χ4n) is 10.0. The van der Waals surface area contributed by atoms with Crippen molar-refractivity contribution in [3.8, 4) is 50.2 Å². The highest BCUT2D eigenvalue weighted by Gasteiger charge is 2.45. The molecule has 0 bridgehead atoms. The van der Waals surface area contributed by atoms with E-state index in [-0.39, 0.29) is 10.8 Å². The van der Waals surface area contributed by atoms with Gasteiger partial charge in [0.15, 0.2) is 0 Å². The Balaban J connectivity index is 1.11. The first kappa shape index (κ1) is 30.4. The summed E-state index contributed by atoms with van der Waals surface area (Å²) < 4.78 is 2.46. The molecule has 8 aromatic carbocycles. The summed E-state index contributed by atoms with van der Waals surface area (Å²) in [5.74, 6) is 0. The molecule has 0 radical (unpaired) electrons. The SMILES string of the molecule is CC1(C)c2ccccc2-c2ccc3c(c21)C(C)(C)c1cc(-c2ccc(-n4c5ccccc5c5ccccc54)c(-c4ccc5ccccc5c4)c2)ccc1-3. The van der Waals surface area contributed by atoms with Gasteiger partial charge in [-0.05, 0) is 108 Å². The van der Waals surface area contributed by atoms with E-state index in [1.54, 1.807) is 0 Å². The molecule has 0 unspecified atom stereocenters. The van der Waals surface area contributed by atoms with E-state index in [2.05, 4.69) is 196 Å². The molecular formula is C52H39N. The first-order valence-electron chi connectivity index (χ1n) is 18.9. The fraction of sp³-hybridized carbons (Fsp3) is 0.115. The Kier molecular flexibility index (Phi) is 6.14. The van der Waals surface area contributed by atoms with Crippen LogP contribution in [0, 0.1) is 0 Å². The van der Waals surface area contributed by atoms with Crippen molar-refractivity contribution in [2.75, 3.05) is 0 Å². The highest BCUT2D eigenvalue weighted by Crippen LogP contribution is 2.59. The smallest absolute Gasteiger partial charge is 0.0541 e. The Labute approximate surface area is 310 Å². The molecule has 252 valence electrons. The van der Waals surface area contributed by atoms with Gasteiger partial charge in [0.2, 0.25) is 0 Å². The zero-order valence-corrected chi connectivity index (χ0v) is 30.5. The van der Waals surface area contributed by atoms with E-state index in [4.69, 9.17) is 0 Å². The van der Waals surface area contributed by atoms with Gasteiger partial charge in [-0.25, -0.2) is 0 Å². The Morgan fingerprint density at radius 3 is 1.62 bits per heavy atom. The van der Waals surface area contributed by atoms with Crippen molar-refractivity contribution in [2.45, 2.75) is 38.5 Å². The van der Waals surface area contributed by atoms with E-state index in [0.717, 1.165) is 0 Å². The Morgan fingerprint density at radius 1 is 0.358 bits per heavy atom. The first-order chi connectivity index (χ1) is 25.8. The minimum atomic E-state index is -0.143. The Bertz CT molecular complexity index is 2950. The maximum absolute atomic E-state index is 2.48. The lowest BCUT2D eigenvalue weighted by Crippen LogP contribution is -2.24. The molecule has 0 saturated heterocycles. The number of fused-ring (bicyclic) bond motifs is 11. The molecule has 1 nitrogen and oxygen atoms in total. The van der Waals surface area contributed by atoms with E-state index in [1.807, 2.05) is 0 Å². The predicted molar refractivity (Wildman–Crippen MR) is 224 cm³/mol. The number of hydrogen-bond acceptors (Lipinski definition) is 0. The number of rotatable bonds is 3. The summed E-state index contributed by atoms with van der Waals surface area (Å²) in [7, 11) is 0. The second-order valence-electron chi connectivity index (χ2n) is 16.1. The van der Waals surface area contributed by atoms with E-state index in [0.29, 0.717) is 0 Å². The van der Waals surface area contributed by atoms with E-state index >= 15 is 0 Å². The average Bonchev–Trinajstić information content (AvgIpc) is 3.74. The second kappa shape index (κ2) is 10.7. The number of aromatic nitrogens is 1. The molecule has 1 aromatic heterocycles. The van der Waals surface area contributed by atoms with Crippen molar-refractivity contribution in [1.82, 2.24) is 4.57 Å². The molecule has 0 spiro atoms. The van der Waals surface area contributed by atoms with Crippen LogP contribution in [0.1, 0.15) is 49.9 Å². The van der Waals surface area contributed by atoms with Gasteiger partial charge < -0.3 is 4.57 Å². The zero-order chi connectivity index (χ0) is 35.6. The second-order valence-corrected chi connectivity index (χ2v) is 16.1. The van der Waals surface area contributed by atoms with Crippen LogP contribution in [0.25, 0.3) is 82.8 Å². The van der Waals surface area contributed by atoms with Gasteiger partial charge >= 0.3 is 0 Å². The van der Waals surface area contributed by atoms with Gasteiger partial charge in [-0.15, -0.1) is 0 Å². The molecule has 0 saturated carbocycles. The molecular weight excluding hydrogens is 639 g/mol. The van der Waals surface area contributed by atoms with E-state index in [1.165, 1.54) is 105 Å². The molecule has 0 atom stereocenters. The highest BCUT2D eigenvalue weighted by molar-refractivity contribution is 6.10. The standard InChI is InChI=1S/C52H39N/c1-51(2)44-18-10-7-15-37(44)41-26-27-42-38-25-23-35(31-45(38)52(3,4)50(42)49(41)51)34-24-28-48(43(30-34)36-22-21-32-13-5-6-14-33(32)29-36)53-46-19-11-8-16-39(46)40-17-9-12-20-47(40)53/h5-31H,1-4H3. The monoisotopic (exact) mass is 677 g/mol. The fourth-order valence-corrected chi connectivity index (χ4v) is 10.0. The molecule has 53 heavy (non-hydrogen) atoms. The van der Waals surface area contributed by atoms with Gasteiger partial charge in [-0.1, -0.05) is 155 Å². The third-order valence-electron chi connectivity index (χ3n) is 12.5. The van der Waals surface area contributed by atoms with Gasteiger partial charge in [0.25, 0.3) is 0 Å². The van der Waals surface area contributed by atoms with Gasteiger partial charge in [0.05, 0.1) is 16.7 Å². The van der Waals surface area contributed by atoms with Crippen LogP contribution in [-0.4, -0.2) is 4.57 Å². The first-order valence-corrected chi connectivity index (χ1v) is 18.9. The van der Waals surface area contributed by atoms with Gasteiger partial charge in [-0.3, -0.25) is 0 Å². The molecule has 1 heterocycles. The third-order valence-corrected chi connectivity index (χ3v) is 12.5. The molecule has 9 aromatic rings. The third kappa shape index (κ3) is 4.14. The molecule has 2 aliphatic rings. The van der Waals surface area contributed by atoms with Gasteiger partial charge in [0.1, 0.15) is 0 Å². The number of benzene rings is 8. The summed E-state index contributed by atoms with van der Waals surface area (Å²) in [6, 6.07) is 61.3. The number of nitrogens with zero attached hydrogens (tertiary/aromatic N) is 1. The Hall–Kier alpha value is -6.18. The van der Waals surface area contributed by atoms with Gasteiger partial charge in [-0.2, -0.15) is 0 Å². The van der Waals surface area contributed by atoms with Crippen LogP contribution >= 0.6 is 0 Å². The predicted octanol–water partition coefficient (Wildman–Crippen LogP) is 13.9. The lowest BCUT2D eigenvalue weighted by molar-refractivity contribution is 0.601. The summed E-state index contributed by atoms with van der Waals surface area (Å²) in [6.45, 7) is 9.70. The maximum Gasteiger partial charge on any atom is 0.0541 e. The summed E-state index contributed by atoms with van der Waals surface area (Å²) >= 11 is 0. The van der Waals surface area contributed by atoms with Crippen LogP contribution in [-0.2, 0) is 10.8 Å². The largest absolute Gasteiger partial charge is 0.309 e. The van der Waals surface area contributed by atoms with Crippen LogP contribution in [0.4, 0.5) is 0 Å². The van der Waals surface area contributed by atoms with Gasteiger partial charge in [0, 0.05) is 27.2 Å². The average molecular weight is 678 g/mol. The molecule has 0 amide bonds. The summed E-state index contributed by atoms with van der Waals surface area (Å²) in [5, 5.41) is 5.05. The number of hydrogen-bond donors (Lipinski definition) is 0. The lowest BCUT2D eigenvalue weighted by Gasteiger charge is -2.30. The van der Waals surface area contributed by atoms with Crippen molar-refractivity contribution in [1.29, 1.82) is 0 Å². The van der Waals surface area contributed by atoms with Crippen LogP contribution in [0.3, 0.4) is 0 Å². The van der Waals surface area contributed by atoms with Crippen molar-refractivity contribution in [2.24, 2.45) is 0 Å². The van der Waals surface area contributed by atoms with E-state index in [9.17, 15) is 0 Å². The minimum absolute atomic E-state index is 0.0587. The summed E-state index contributed by atoms with van der Waals surface area (Å²) in [6.07, 6.45) is 0. The minimum Gasteiger partial charge on any atom is -0.309 e. The normalized spacial score (nSPS) is 14.7. The maximum atomic E-state index is 2.48. The Morgan fingerprint density at radius 2 is 0.887 bits per heavy atom. The summed E-state index contributed by atoms with van der Waals surface area (Å²) in [5.41, 5.74) is 19.7. The van der Waals surface area contributed by atoms with Crippen LogP contribution in [0.2, 0.25) is 0 Å². The number of para-hydroxylation sites is 2.